The van der Waals surface area contributed by atoms with Crippen LogP contribution in [0.1, 0.15) is 23.7 Å². The Hall–Kier alpha value is -1.43. The lowest BCUT2D eigenvalue weighted by Crippen LogP contribution is -2.27. The molecule has 1 N–H and O–H groups in total. The molecule has 6 heteroatoms. The first kappa shape index (κ1) is 14.6. The molecule has 0 fully saturated rings. The van der Waals surface area contributed by atoms with E-state index in [9.17, 15) is 14.0 Å². The van der Waals surface area contributed by atoms with Crippen LogP contribution in [0.25, 0.3) is 0 Å². The van der Waals surface area contributed by atoms with Crippen LogP contribution in [0.2, 0.25) is 0 Å². The van der Waals surface area contributed by atoms with Crippen LogP contribution < -0.4 is 5.32 Å². The van der Waals surface area contributed by atoms with E-state index in [1.807, 2.05) is 0 Å². The lowest BCUT2D eigenvalue weighted by atomic mass is 10.2. The predicted octanol–water partition coefficient (Wildman–Crippen LogP) is 2.27. The normalized spacial score (nSPS) is 9.94. The zero-order valence-corrected chi connectivity index (χ0v) is 11.4. The zero-order valence-electron chi connectivity index (χ0n) is 9.83. The van der Waals surface area contributed by atoms with Crippen LogP contribution in [0.5, 0.6) is 0 Å². The van der Waals surface area contributed by atoms with Gasteiger partial charge in [0.15, 0.2) is 0 Å². The van der Waals surface area contributed by atoms with Crippen molar-refractivity contribution in [1.29, 1.82) is 0 Å². The highest BCUT2D eigenvalue weighted by molar-refractivity contribution is 9.10. The predicted molar refractivity (Wildman–Crippen MR) is 67.7 cm³/mol. The summed E-state index contributed by atoms with van der Waals surface area (Å²) in [6, 6.07) is 3.83. The molecular weight excluding hydrogens is 305 g/mol. The largest absolute Gasteiger partial charge is 0.466 e. The van der Waals surface area contributed by atoms with Crippen LogP contribution in [0.4, 0.5) is 4.39 Å². The Balaban J connectivity index is 2.50. The van der Waals surface area contributed by atoms with E-state index in [1.54, 1.807) is 6.92 Å². The van der Waals surface area contributed by atoms with Crippen molar-refractivity contribution in [2.75, 3.05) is 13.2 Å². The number of halogens is 2. The summed E-state index contributed by atoms with van der Waals surface area (Å²) in [6.07, 6.45) is 0.0898. The average Bonchev–Trinajstić information content (AvgIpc) is 2.32. The zero-order chi connectivity index (χ0) is 13.5. The van der Waals surface area contributed by atoms with Crippen LogP contribution in [-0.2, 0) is 9.53 Å². The molecular formula is C12H13BrFNO3. The van der Waals surface area contributed by atoms with Gasteiger partial charge in [0.1, 0.15) is 5.82 Å². The van der Waals surface area contributed by atoms with Crippen molar-refractivity contribution >= 4 is 27.8 Å². The molecule has 0 saturated carbocycles. The van der Waals surface area contributed by atoms with Crippen molar-refractivity contribution in [1.82, 2.24) is 5.32 Å². The Morgan fingerprint density at radius 2 is 2.17 bits per heavy atom. The number of ether oxygens (including phenoxy) is 1. The molecule has 0 aliphatic heterocycles. The van der Waals surface area contributed by atoms with Gasteiger partial charge in [0, 0.05) is 11.0 Å². The molecule has 18 heavy (non-hydrogen) atoms. The maximum Gasteiger partial charge on any atom is 0.307 e. The number of carbonyl (C=O) groups is 2. The molecule has 0 bridgehead atoms. The van der Waals surface area contributed by atoms with Gasteiger partial charge in [-0.25, -0.2) is 4.39 Å². The van der Waals surface area contributed by atoms with Gasteiger partial charge in [0.25, 0.3) is 5.91 Å². The van der Waals surface area contributed by atoms with Gasteiger partial charge in [-0.2, -0.15) is 0 Å². The molecule has 1 aromatic carbocycles. The third kappa shape index (κ3) is 4.44. The SMILES string of the molecule is CCOC(=O)CCNC(=O)c1cc(F)ccc1Br. The number of benzene rings is 1. The summed E-state index contributed by atoms with van der Waals surface area (Å²) in [5.74, 6) is -1.31. The van der Waals surface area contributed by atoms with Crippen LogP contribution >= 0.6 is 15.9 Å². The van der Waals surface area contributed by atoms with Crippen molar-refractivity contribution in [2.24, 2.45) is 0 Å². The Bertz CT molecular complexity index is 451. The molecule has 4 nitrogen and oxygen atoms in total. The minimum Gasteiger partial charge on any atom is -0.466 e. The number of carbonyl (C=O) groups excluding carboxylic acids is 2. The molecule has 0 radical (unpaired) electrons. The fourth-order valence-electron chi connectivity index (χ4n) is 1.28. The highest BCUT2D eigenvalue weighted by atomic mass is 79.9. The lowest BCUT2D eigenvalue weighted by molar-refractivity contribution is -0.142. The van der Waals surface area contributed by atoms with E-state index in [0.29, 0.717) is 11.1 Å². The van der Waals surface area contributed by atoms with Gasteiger partial charge < -0.3 is 10.1 Å². The van der Waals surface area contributed by atoms with Crippen molar-refractivity contribution in [3.05, 3.63) is 34.1 Å². The van der Waals surface area contributed by atoms with Crippen molar-refractivity contribution in [3.63, 3.8) is 0 Å². The van der Waals surface area contributed by atoms with Gasteiger partial charge in [-0.05, 0) is 41.1 Å². The summed E-state index contributed by atoms with van der Waals surface area (Å²) in [4.78, 5) is 22.7. The van der Waals surface area contributed by atoms with Gasteiger partial charge in [0.05, 0.1) is 18.6 Å². The van der Waals surface area contributed by atoms with E-state index in [1.165, 1.54) is 12.1 Å². The molecule has 0 spiro atoms. The number of rotatable bonds is 5. The van der Waals surface area contributed by atoms with E-state index >= 15 is 0 Å². The van der Waals surface area contributed by atoms with E-state index in [4.69, 9.17) is 4.74 Å². The highest BCUT2D eigenvalue weighted by Gasteiger charge is 2.11. The van der Waals surface area contributed by atoms with Gasteiger partial charge in [-0.15, -0.1) is 0 Å². The summed E-state index contributed by atoms with van der Waals surface area (Å²) in [5, 5.41) is 2.52. The molecule has 0 aliphatic carbocycles. The molecule has 0 atom stereocenters. The van der Waals surface area contributed by atoms with E-state index < -0.39 is 11.7 Å². The third-order valence-corrected chi connectivity index (χ3v) is 2.78. The van der Waals surface area contributed by atoms with Gasteiger partial charge in [-0.3, -0.25) is 9.59 Å². The van der Waals surface area contributed by atoms with Gasteiger partial charge in [0.2, 0.25) is 0 Å². The third-order valence-electron chi connectivity index (χ3n) is 2.09. The fraction of sp³-hybridized carbons (Fsp3) is 0.333. The molecule has 98 valence electrons. The number of hydrogen-bond donors (Lipinski definition) is 1. The van der Waals surface area contributed by atoms with Crippen LogP contribution in [0.3, 0.4) is 0 Å². The molecule has 1 rings (SSSR count). The summed E-state index contributed by atoms with van der Waals surface area (Å²) in [5.41, 5.74) is 0.193. The number of esters is 1. The Morgan fingerprint density at radius 3 is 2.83 bits per heavy atom. The van der Waals surface area contributed by atoms with Crippen LogP contribution in [0.15, 0.2) is 22.7 Å². The average molecular weight is 318 g/mol. The molecule has 0 aliphatic rings. The summed E-state index contributed by atoms with van der Waals surface area (Å²) in [6.45, 7) is 2.17. The van der Waals surface area contributed by atoms with Crippen molar-refractivity contribution < 1.29 is 18.7 Å². The monoisotopic (exact) mass is 317 g/mol. The second-order valence-corrected chi connectivity index (χ2v) is 4.29. The van der Waals surface area contributed by atoms with Crippen molar-refractivity contribution in [2.45, 2.75) is 13.3 Å². The smallest absolute Gasteiger partial charge is 0.307 e. The minimum absolute atomic E-state index is 0.0898. The second kappa shape index (κ2) is 7.10. The molecule has 0 heterocycles. The first-order valence-electron chi connectivity index (χ1n) is 5.43. The summed E-state index contributed by atoms with van der Waals surface area (Å²) in [7, 11) is 0. The number of amides is 1. The Kier molecular flexibility index (Phi) is 5.77. The van der Waals surface area contributed by atoms with Crippen molar-refractivity contribution in [3.8, 4) is 0 Å². The standard InChI is InChI=1S/C12H13BrFNO3/c1-2-18-11(16)5-6-15-12(17)9-7-8(14)3-4-10(9)13/h3-4,7H,2,5-6H2,1H3,(H,15,17). The summed E-state index contributed by atoms with van der Waals surface area (Å²) < 4.78 is 18.2. The van der Waals surface area contributed by atoms with E-state index in [0.717, 1.165) is 6.07 Å². The molecule has 0 unspecified atom stereocenters. The maximum absolute atomic E-state index is 13.0. The Labute approximate surface area is 113 Å². The lowest BCUT2D eigenvalue weighted by Gasteiger charge is -2.06. The first-order chi connectivity index (χ1) is 8.54. The van der Waals surface area contributed by atoms with Gasteiger partial charge >= 0.3 is 5.97 Å². The van der Waals surface area contributed by atoms with E-state index in [2.05, 4.69) is 21.2 Å². The van der Waals surface area contributed by atoms with E-state index in [-0.39, 0.29) is 24.5 Å². The van der Waals surface area contributed by atoms with Crippen LogP contribution in [-0.4, -0.2) is 25.0 Å². The number of hydrogen-bond acceptors (Lipinski definition) is 3. The highest BCUT2D eigenvalue weighted by Crippen LogP contribution is 2.17. The van der Waals surface area contributed by atoms with Crippen LogP contribution in [0, 0.1) is 5.82 Å². The summed E-state index contributed by atoms with van der Waals surface area (Å²) >= 11 is 3.16. The molecule has 0 aromatic heterocycles. The fourth-order valence-corrected chi connectivity index (χ4v) is 1.70. The maximum atomic E-state index is 13.0. The molecule has 1 aromatic rings. The van der Waals surface area contributed by atoms with Gasteiger partial charge in [-0.1, -0.05) is 0 Å². The molecule has 1 amide bonds. The minimum atomic E-state index is -0.492. The Morgan fingerprint density at radius 1 is 1.44 bits per heavy atom. The second-order valence-electron chi connectivity index (χ2n) is 3.44. The quantitative estimate of drug-likeness (QED) is 0.848. The number of nitrogens with one attached hydrogen (secondary N) is 1. The molecule has 0 saturated heterocycles. The first-order valence-corrected chi connectivity index (χ1v) is 6.22. The topological polar surface area (TPSA) is 55.4 Å².